The van der Waals surface area contributed by atoms with Crippen LogP contribution in [0.2, 0.25) is 0 Å². The lowest BCUT2D eigenvalue weighted by molar-refractivity contribution is 0.0955. The van der Waals surface area contributed by atoms with Crippen LogP contribution in [-0.2, 0) is 0 Å². The van der Waals surface area contributed by atoms with Crippen LogP contribution in [0.3, 0.4) is 0 Å². The number of hydrogen-bond donors (Lipinski definition) is 3. The number of nitrogens with zero attached hydrogens (tertiary/aromatic N) is 1. The summed E-state index contributed by atoms with van der Waals surface area (Å²) in [4.78, 5) is 11.6. The maximum atomic E-state index is 11.6. The van der Waals surface area contributed by atoms with Crippen molar-refractivity contribution >= 4 is 16.8 Å². The highest BCUT2D eigenvalue weighted by molar-refractivity contribution is 5.97. The van der Waals surface area contributed by atoms with Crippen molar-refractivity contribution in [2.24, 2.45) is 5.73 Å². The van der Waals surface area contributed by atoms with Crippen LogP contribution in [0.15, 0.2) is 24.4 Å². The highest BCUT2D eigenvalue weighted by Gasteiger charge is 2.05. The molecule has 0 bridgehead atoms. The van der Waals surface area contributed by atoms with Gasteiger partial charge in [0, 0.05) is 24.0 Å². The molecule has 1 aromatic heterocycles. The van der Waals surface area contributed by atoms with Crippen LogP contribution in [0.4, 0.5) is 0 Å². The van der Waals surface area contributed by atoms with Crippen LogP contribution < -0.4 is 11.1 Å². The van der Waals surface area contributed by atoms with Gasteiger partial charge in [-0.05, 0) is 18.2 Å². The number of nitrogens with two attached hydrogens (primary N) is 1. The molecule has 1 amide bonds. The number of amides is 1. The summed E-state index contributed by atoms with van der Waals surface area (Å²) in [6, 6.07) is 5.39. The number of benzene rings is 1. The zero-order chi connectivity index (χ0) is 10.7. The molecule has 1 aromatic carbocycles. The van der Waals surface area contributed by atoms with Gasteiger partial charge in [0.15, 0.2) is 0 Å². The fourth-order valence-electron chi connectivity index (χ4n) is 1.37. The van der Waals surface area contributed by atoms with Crippen LogP contribution in [0.5, 0.6) is 0 Å². The first-order valence-corrected chi connectivity index (χ1v) is 4.72. The topological polar surface area (TPSA) is 83.8 Å². The molecule has 0 aliphatic heterocycles. The highest BCUT2D eigenvalue weighted by atomic mass is 16.1. The molecule has 0 unspecified atom stereocenters. The minimum absolute atomic E-state index is 0.108. The van der Waals surface area contributed by atoms with Crippen LogP contribution >= 0.6 is 0 Å². The predicted molar refractivity (Wildman–Crippen MR) is 57.5 cm³/mol. The molecule has 0 saturated carbocycles. The van der Waals surface area contributed by atoms with Gasteiger partial charge < -0.3 is 11.1 Å². The second kappa shape index (κ2) is 4.10. The largest absolute Gasteiger partial charge is 0.351 e. The molecule has 1 heterocycles. The van der Waals surface area contributed by atoms with E-state index in [1.807, 2.05) is 6.07 Å². The normalized spacial score (nSPS) is 10.5. The summed E-state index contributed by atoms with van der Waals surface area (Å²) in [5.41, 5.74) is 6.84. The summed E-state index contributed by atoms with van der Waals surface area (Å²) in [5, 5.41) is 10.4. The number of aromatic nitrogens is 2. The number of rotatable bonds is 3. The van der Waals surface area contributed by atoms with E-state index in [9.17, 15) is 4.79 Å². The lowest BCUT2D eigenvalue weighted by Gasteiger charge is -2.02. The van der Waals surface area contributed by atoms with E-state index in [-0.39, 0.29) is 5.91 Å². The smallest absolute Gasteiger partial charge is 0.251 e. The fourth-order valence-corrected chi connectivity index (χ4v) is 1.37. The van der Waals surface area contributed by atoms with Gasteiger partial charge in [0.05, 0.1) is 11.7 Å². The number of carbonyl (C=O) groups excluding carboxylic acids is 1. The molecule has 0 aliphatic carbocycles. The Hall–Kier alpha value is -1.88. The van der Waals surface area contributed by atoms with Crippen molar-refractivity contribution in [1.29, 1.82) is 0 Å². The minimum atomic E-state index is -0.108. The van der Waals surface area contributed by atoms with Gasteiger partial charge in [-0.25, -0.2) is 0 Å². The molecule has 0 radical (unpaired) electrons. The van der Waals surface area contributed by atoms with E-state index in [1.54, 1.807) is 18.3 Å². The van der Waals surface area contributed by atoms with E-state index in [2.05, 4.69) is 15.5 Å². The number of aromatic amines is 1. The first-order chi connectivity index (χ1) is 7.31. The monoisotopic (exact) mass is 204 g/mol. The van der Waals surface area contributed by atoms with Crippen LogP contribution in [0.1, 0.15) is 10.4 Å². The van der Waals surface area contributed by atoms with Crippen molar-refractivity contribution < 1.29 is 4.79 Å². The van der Waals surface area contributed by atoms with Gasteiger partial charge in [-0.1, -0.05) is 0 Å². The second-order valence-electron chi connectivity index (χ2n) is 3.22. The van der Waals surface area contributed by atoms with E-state index >= 15 is 0 Å². The molecule has 0 saturated heterocycles. The SMILES string of the molecule is NCCNC(=O)c1ccc2[nH]ncc2c1. The van der Waals surface area contributed by atoms with Gasteiger partial charge in [0.25, 0.3) is 5.91 Å². The highest BCUT2D eigenvalue weighted by Crippen LogP contribution is 2.12. The fraction of sp³-hybridized carbons (Fsp3) is 0.200. The zero-order valence-electron chi connectivity index (χ0n) is 8.16. The molecule has 15 heavy (non-hydrogen) atoms. The Labute approximate surface area is 86.7 Å². The Morgan fingerprint density at radius 1 is 1.53 bits per heavy atom. The van der Waals surface area contributed by atoms with E-state index in [1.165, 1.54) is 0 Å². The molecule has 4 N–H and O–H groups in total. The van der Waals surface area contributed by atoms with Crippen LogP contribution in [0.25, 0.3) is 10.9 Å². The predicted octanol–water partition coefficient (Wildman–Crippen LogP) is 0.251. The Kier molecular flexibility index (Phi) is 2.64. The molecule has 5 nitrogen and oxygen atoms in total. The number of nitrogens with one attached hydrogen (secondary N) is 2. The third kappa shape index (κ3) is 1.97. The van der Waals surface area contributed by atoms with E-state index < -0.39 is 0 Å². The Morgan fingerprint density at radius 3 is 3.20 bits per heavy atom. The third-order valence-corrected chi connectivity index (χ3v) is 2.13. The van der Waals surface area contributed by atoms with Gasteiger partial charge in [-0.2, -0.15) is 5.10 Å². The Morgan fingerprint density at radius 2 is 2.40 bits per heavy atom. The number of fused-ring (bicyclic) bond motifs is 1. The van der Waals surface area contributed by atoms with Crippen molar-refractivity contribution in [3.8, 4) is 0 Å². The summed E-state index contributed by atoms with van der Waals surface area (Å²) in [5.74, 6) is -0.108. The summed E-state index contributed by atoms with van der Waals surface area (Å²) in [6.45, 7) is 0.932. The van der Waals surface area contributed by atoms with Crippen LogP contribution in [-0.4, -0.2) is 29.2 Å². The third-order valence-electron chi connectivity index (χ3n) is 2.13. The van der Waals surface area contributed by atoms with E-state index in [4.69, 9.17) is 5.73 Å². The average Bonchev–Trinajstić information content (AvgIpc) is 2.72. The second-order valence-corrected chi connectivity index (χ2v) is 3.22. The minimum Gasteiger partial charge on any atom is -0.351 e. The van der Waals surface area contributed by atoms with Gasteiger partial charge in [-0.15, -0.1) is 0 Å². The molecule has 0 atom stereocenters. The van der Waals surface area contributed by atoms with Crippen molar-refractivity contribution in [3.63, 3.8) is 0 Å². The molecule has 0 spiro atoms. The van der Waals surface area contributed by atoms with E-state index in [0.717, 1.165) is 10.9 Å². The van der Waals surface area contributed by atoms with E-state index in [0.29, 0.717) is 18.7 Å². The molecular formula is C10H12N4O. The molecule has 78 valence electrons. The molecule has 0 aliphatic rings. The van der Waals surface area contributed by atoms with Crippen molar-refractivity contribution in [1.82, 2.24) is 15.5 Å². The van der Waals surface area contributed by atoms with Crippen molar-refractivity contribution in [3.05, 3.63) is 30.0 Å². The van der Waals surface area contributed by atoms with Gasteiger partial charge in [-0.3, -0.25) is 9.89 Å². The van der Waals surface area contributed by atoms with Crippen molar-refractivity contribution in [2.75, 3.05) is 13.1 Å². The standard InChI is InChI=1S/C10H12N4O/c11-3-4-12-10(15)7-1-2-9-8(5-7)6-13-14-9/h1-2,5-6H,3-4,11H2,(H,12,15)(H,13,14). The summed E-state index contributed by atoms with van der Waals surface area (Å²) < 4.78 is 0. The van der Waals surface area contributed by atoms with Gasteiger partial charge in [0.1, 0.15) is 0 Å². The summed E-state index contributed by atoms with van der Waals surface area (Å²) >= 11 is 0. The number of H-pyrrole nitrogens is 1. The molecule has 2 aromatic rings. The first-order valence-electron chi connectivity index (χ1n) is 4.72. The zero-order valence-corrected chi connectivity index (χ0v) is 8.16. The average molecular weight is 204 g/mol. The molecule has 0 fully saturated rings. The summed E-state index contributed by atoms with van der Waals surface area (Å²) in [6.07, 6.45) is 1.69. The Bertz CT molecular complexity index is 477. The summed E-state index contributed by atoms with van der Waals surface area (Å²) in [7, 11) is 0. The Balaban J connectivity index is 2.23. The maximum absolute atomic E-state index is 11.6. The van der Waals surface area contributed by atoms with Gasteiger partial charge >= 0.3 is 0 Å². The van der Waals surface area contributed by atoms with Crippen molar-refractivity contribution in [2.45, 2.75) is 0 Å². The number of carbonyl (C=O) groups is 1. The number of hydrogen-bond acceptors (Lipinski definition) is 3. The lowest BCUT2D eigenvalue weighted by Crippen LogP contribution is -2.28. The van der Waals surface area contributed by atoms with Crippen LogP contribution in [0, 0.1) is 0 Å². The molecule has 2 rings (SSSR count). The quantitative estimate of drug-likeness (QED) is 0.670. The lowest BCUT2D eigenvalue weighted by atomic mass is 10.1. The molecule has 5 heteroatoms. The first kappa shape index (κ1) is 9.67. The maximum Gasteiger partial charge on any atom is 0.251 e. The molecular weight excluding hydrogens is 192 g/mol. The van der Waals surface area contributed by atoms with Gasteiger partial charge in [0.2, 0.25) is 0 Å².